The molecule has 94 valence electrons. The third-order valence-corrected chi connectivity index (χ3v) is 4.51. The van der Waals surface area contributed by atoms with Gasteiger partial charge >= 0.3 is 0 Å². The van der Waals surface area contributed by atoms with E-state index in [2.05, 4.69) is 0 Å². The van der Waals surface area contributed by atoms with Crippen LogP contribution in [0.3, 0.4) is 0 Å². The summed E-state index contributed by atoms with van der Waals surface area (Å²) in [6.07, 6.45) is 0. The van der Waals surface area contributed by atoms with Crippen LogP contribution in [0.2, 0.25) is 0 Å². The van der Waals surface area contributed by atoms with E-state index in [0.29, 0.717) is 0 Å². The summed E-state index contributed by atoms with van der Waals surface area (Å²) >= 11 is 0. The molecule has 4 nitrogen and oxygen atoms in total. The Hall–Kier alpha value is -1.66. The summed E-state index contributed by atoms with van der Waals surface area (Å²) in [7, 11) is 2.73. The molecule has 0 saturated heterocycles. The molecule has 0 fully saturated rings. The highest BCUT2D eigenvalue weighted by Gasteiger charge is 2.04. The van der Waals surface area contributed by atoms with Gasteiger partial charge in [-0.25, -0.2) is 0 Å². The lowest BCUT2D eigenvalue weighted by atomic mass is 10.3. The molecule has 0 atom stereocenters. The predicted molar refractivity (Wildman–Crippen MR) is 71.3 cm³/mol. The Morgan fingerprint density at radius 3 is 1.28 bits per heavy atom. The standard InChI is InChI=1S/C12H10O4S2/c13-9-3-1-7(5-11(9)15)17-18-8-2-4-10(14)12(16)6-8/h1-6,13-16H. The van der Waals surface area contributed by atoms with E-state index in [9.17, 15) is 10.2 Å². The zero-order valence-corrected chi connectivity index (χ0v) is 10.7. The Balaban J connectivity index is 2.06. The first-order valence-corrected chi connectivity index (χ1v) is 7.10. The van der Waals surface area contributed by atoms with Gasteiger partial charge in [0.15, 0.2) is 23.0 Å². The highest BCUT2D eigenvalue weighted by molar-refractivity contribution is 8.76. The van der Waals surface area contributed by atoms with Gasteiger partial charge in [-0.3, -0.25) is 0 Å². The topological polar surface area (TPSA) is 80.9 Å². The summed E-state index contributed by atoms with van der Waals surface area (Å²) in [5, 5.41) is 37.0. The van der Waals surface area contributed by atoms with E-state index in [4.69, 9.17) is 10.2 Å². The minimum absolute atomic E-state index is 0.161. The lowest BCUT2D eigenvalue weighted by Crippen LogP contribution is -1.73. The van der Waals surface area contributed by atoms with Crippen LogP contribution in [-0.4, -0.2) is 20.4 Å². The van der Waals surface area contributed by atoms with Crippen LogP contribution in [-0.2, 0) is 0 Å². The number of benzene rings is 2. The Kier molecular flexibility index (Phi) is 3.78. The molecule has 0 amide bonds. The molecule has 2 aromatic rings. The second-order valence-corrected chi connectivity index (χ2v) is 5.74. The molecule has 2 aromatic carbocycles. The van der Waals surface area contributed by atoms with Crippen molar-refractivity contribution >= 4 is 21.6 Å². The minimum atomic E-state index is -0.172. The number of phenols is 4. The van der Waals surface area contributed by atoms with Crippen molar-refractivity contribution in [2.24, 2.45) is 0 Å². The van der Waals surface area contributed by atoms with Gasteiger partial charge in [-0.15, -0.1) is 0 Å². The molecular weight excluding hydrogens is 272 g/mol. The van der Waals surface area contributed by atoms with E-state index < -0.39 is 0 Å². The molecule has 0 aliphatic carbocycles. The third-order valence-electron chi connectivity index (χ3n) is 2.13. The molecule has 6 heteroatoms. The first kappa shape index (κ1) is 12.8. The van der Waals surface area contributed by atoms with Crippen LogP contribution < -0.4 is 0 Å². The fourth-order valence-corrected chi connectivity index (χ4v) is 3.16. The molecule has 0 aliphatic heterocycles. The lowest BCUT2D eigenvalue weighted by molar-refractivity contribution is 0.402. The van der Waals surface area contributed by atoms with E-state index in [1.54, 1.807) is 12.1 Å². The maximum Gasteiger partial charge on any atom is 0.158 e. The quantitative estimate of drug-likeness (QED) is 0.511. The average Bonchev–Trinajstić information content (AvgIpc) is 2.35. The smallest absolute Gasteiger partial charge is 0.158 e. The van der Waals surface area contributed by atoms with Crippen molar-refractivity contribution in [2.75, 3.05) is 0 Å². The van der Waals surface area contributed by atoms with Crippen molar-refractivity contribution < 1.29 is 20.4 Å². The van der Waals surface area contributed by atoms with E-state index in [0.717, 1.165) is 9.79 Å². The van der Waals surface area contributed by atoms with Crippen molar-refractivity contribution in [2.45, 2.75) is 9.79 Å². The Morgan fingerprint density at radius 1 is 0.556 bits per heavy atom. The molecule has 0 aromatic heterocycles. The predicted octanol–water partition coefficient (Wildman–Crippen LogP) is 3.31. The van der Waals surface area contributed by atoms with Crippen LogP contribution in [0.1, 0.15) is 0 Å². The van der Waals surface area contributed by atoms with Gasteiger partial charge in [-0.2, -0.15) is 0 Å². The molecule has 0 unspecified atom stereocenters. The number of aromatic hydroxyl groups is 4. The average molecular weight is 282 g/mol. The van der Waals surface area contributed by atoms with Gasteiger partial charge in [-0.1, -0.05) is 21.6 Å². The molecule has 0 aliphatic rings. The van der Waals surface area contributed by atoms with Gasteiger partial charge < -0.3 is 20.4 Å². The Labute approximate surface area is 111 Å². The number of rotatable bonds is 3. The monoisotopic (exact) mass is 282 g/mol. The summed E-state index contributed by atoms with van der Waals surface area (Å²) in [5.74, 6) is -0.665. The van der Waals surface area contributed by atoms with Crippen LogP contribution in [0.5, 0.6) is 23.0 Å². The zero-order valence-electron chi connectivity index (χ0n) is 9.07. The number of hydrogen-bond donors (Lipinski definition) is 4. The largest absolute Gasteiger partial charge is 0.504 e. The van der Waals surface area contributed by atoms with Crippen molar-refractivity contribution in [3.05, 3.63) is 36.4 Å². The fourth-order valence-electron chi connectivity index (χ4n) is 1.21. The maximum absolute atomic E-state index is 9.33. The fraction of sp³-hybridized carbons (Fsp3) is 0. The van der Waals surface area contributed by atoms with Crippen molar-refractivity contribution in [1.29, 1.82) is 0 Å². The molecule has 0 saturated carbocycles. The number of hydrogen-bond acceptors (Lipinski definition) is 6. The minimum Gasteiger partial charge on any atom is -0.504 e. The van der Waals surface area contributed by atoms with Crippen LogP contribution in [0.25, 0.3) is 0 Å². The van der Waals surface area contributed by atoms with E-state index >= 15 is 0 Å². The number of phenolic OH excluding ortho intramolecular Hbond substituents is 4. The molecular formula is C12H10O4S2. The van der Waals surface area contributed by atoms with Crippen molar-refractivity contribution in [3.8, 4) is 23.0 Å². The molecule has 2 rings (SSSR count). The van der Waals surface area contributed by atoms with Crippen LogP contribution >= 0.6 is 21.6 Å². The normalized spacial score (nSPS) is 10.4. The van der Waals surface area contributed by atoms with Crippen molar-refractivity contribution in [3.63, 3.8) is 0 Å². The summed E-state index contributed by atoms with van der Waals surface area (Å²) in [4.78, 5) is 1.53. The first-order valence-electron chi connectivity index (χ1n) is 4.95. The SMILES string of the molecule is Oc1ccc(SSc2ccc(O)c(O)c2)cc1O. The second-order valence-electron chi connectivity index (χ2n) is 3.47. The molecule has 0 bridgehead atoms. The molecule has 18 heavy (non-hydrogen) atoms. The van der Waals surface area contributed by atoms with Gasteiger partial charge in [0.05, 0.1) is 0 Å². The van der Waals surface area contributed by atoms with Crippen LogP contribution in [0.15, 0.2) is 46.2 Å². The molecule has 0 heterocycles. The van der Waals surface area contributed by atoms with Gasteiger partial charge in [-0.05, 0) is 36.4 Å². The molecule has 0 radical (unpaired) electrons. The van der Waals surface area contributed by atoms with Crippen LogP contribution in [0, 0.1) is 0 Å². The third kappa shape index (κ3) is 2.96. The summed E-state index contributed by atoms with van der Waals surface area (Å²) < 4.78 is 0. The lowest BCUT2D eigenvalue weighted by Gasteiger charge is -2.04. The van der Waals surface area contributed by atoms with E-state index in [-0.39, 0.29) is 23.0 Å². The summed E-state index contributed by atoms with van der Waals surface area (Å²) in [6.45, 7) is 0. The van der Waals surface area contributed by atoms with E-state index in [1.807, 2.05) is 0 Å². The molecule has 4 N–H and O–H groups in total. The summed E-state index contributed by atoms with van der Waals surface area (Å²) in [5.41, 5.74) is 0. The van der Waals surface area contributed by atoms with Crippen molar-refractivity contribution in [1.82, 2.24) is 0 Å². The van der Waals surface area contributed by atoms with E-state index in [1.165, 1.54) is 45.9 Å². The summed E-state index contributed by atoms with van der Waals surface area (Å²) in [6, 6.07) is 9.07. The van der Waals surface area contributed by atoms with Gasteiger partial charge in [0, 0.05) is 9.79 Å². The van der Waals surface area contributed by atoms with Gasteiger partial charge in [0.25, 0.3) is 0 Å². The Bertz CT molecular complexity index is 520. The van der Waals surface area contributed by atoms with Gasteiger partial charge in [0.2, 0.25) is 0 Å². The van der Waals surface area contributed by atoms with Crippen LogP contribution in [0.4, 0.5) is 0 Å². The second kappa shape index (κ2) is 5.32. The maximum atomic E-state index is 9.33. The highest BCUT2D eigenvalue weighted by atomic mass is 33.1. The van der Waals surface area contributed by atoms with Gasteiger partial charge in [0.1, 0.15) is 0 Å². The Morgan fingerprint density at radius 2 is 0.944 bits per heavy atom. The molecule has 0 spiro atoms. The highest BCUT2D eigenvalue weighted by Crippen LogP contribution is 2.42. The first-order chi connectivity index (χ1) is 8.56. The zero-order chi connectivity index (χ0) is 13.1.